The van der Waals surface area contributed by atoms with Gasteiger partial charge in [0.1, 0.15) is 0 Å². The molecule has 1 aliphatic rings. The molecule has 0 aromatic carbocycles. The molecule has 0 aliphatic heterocycles. The minimum absolute atomic E-state index is 0.00435. The fraction of sp³-hybridized carbons (Fsp3) is 0.429. The Hall–Kier alpha value is -1.84. The Bertz CT molecular complexity index is 575. The molecule has 0 radical (unpaired) electrons. The van der Waals surface area contributed by atoms with Crippen molar-refractivity contribution in [3.05, 3.63) is 36.2 Å². The van der Waals surface area contributed by atoms with Crippen molar-refractivity contribution in [3.8, 4) is 0 Å². The lowest BCUT2D eigenvalue weighted by Crippen LogP contribution is -2.32. The minimum atomic E-state index is -0.00435. The zero-order chi connectivity index (χ0) is 12.5. The predicted octanol–water partition coefficient (Wildman–Crippen LogP) is 2.25. The van der Waals surface area contributed by atoms with Crippen LogP contribution in [-0.4, -0.2) is 21.6 Å². The van der Waals surface area contributed by atoms with Crippen molar-refractivity contribution in [2.24, 2.45) is 5.92 Å². The summed E-state index contributed by atoms with van der Waals surface area (Å²) in [6.45, 7) is 2.24. The molecule has 2 atom stereocenters. The van der Waals surface area contributed by atoms with Crippen molar-refractivity contribution in [1.29, 1.82) is 0 Å². The van der Waals surface area contributed by atoms with Crippen LogP contribution in [0.25, 0.3) is 5.52 Å². The molecule has 2 aromatic rings. The van der Waals surface area contributed by atoms with E-state index in [9.17, 15) is 4.79 Å². The van der Waals surface area contributed by atoms with Gasteiger partial charge in [-0.05, 0) is 37.3 Å². The van der Waals surface area contributed by atoms with Crippen LogP contribution in [0.4, 0.5) is 0 Å². The highest BCUT2D eigenvalue weighted by Gasteiger charge is 2.24. The molecule has 2 aromatic heterocycles. The lowest BCUT2D eigenvalue weighted by atomic mass is 10.1. The van der Waals surface area contributed by atoms with E-state index in [-0.39, 0.29) is 5.91 Å². The molecule has 1 N–H and O–H groups in total. The van der Waals surface area contributed by atoms with Gasteiger partial charge in [-0.25, -0.2) is 4.52 Å². The molecule has 4 nitrogen and oxygen atoms in total. The molecule has 0 spiro atoms. The maximum absolute atomic E-state index is 12.2. The topological polar surface area (TPSA) is 46.4 Å². The van der Waals surface area contributed by atoms with Gasteiger partial charge in [0.15, 0.2) is 0 Å². The molecule has 2 unspecified atom stereocenters. The molecular weight excluding hydrogens is 226 g/mol. The van der Waals surface area contributed by atoms with Crippen LogP contribution >= 0.6 is 0 Å². The highest BCUT2D eigenvalue weighted by Crippen LogP contribution is 2.25. The van der Waals surface area contributed by atoms with E-state index in [0.29, 0.717) is 11.6 Å². The highest BCUT2D eigenvalue weighted by atomic mass is 16.1. The number of rotatable bonds is 2. The van der Waals surface area contributed by atoms with E-state index < -0.39 is 0 Å². The van der Waals surface area contributed by atoms with Gasteiger partial charge >= 0.3 is 0 Å². The van der Waals surface area contributed by atoms with E-state index in [4.69, 9.17) is 0 Å². The number of amides is 1. The fourth-order valence-corrected chi connectivity index (χ4v) is 2.71. The maximum Gasteiger partial charge on any atom is 0.255 e. The second-order valence-electron chi connectivity index (χ2n) is 5.18. The lowest BCUT2D eigenvalue weighted by Gasteiger charge is -2.11. The smallest absolute Gasteiger partial charge is 0.255 e. The first kappa shape index (κ1) is 11.3. The van der Waals surface area contributed by atoms with Crippen LogP contribution in [0.3, 0.4) is 0 Å². The Morgan fingerprint density at radius 1 is 1.44 bits per heavy atom. The van der Waals surface area contributed by atoms with E-state index in [0.717, 1.165) is 24.3 Å². The van der Waals surface area contributed by atoms with Gasteiger partial charge in [0.25, 0.3) is 5.91 Å². The van der Waals surface area contributed by atoms with Crippen molar-refractivity contribution in [3.63, 3.8) is 0 Å². The number of carbonyl (C=O) groups excluding carboxylic acids is 1. The van der Waals surface area contributed by atoms with Gasteiger partial charge in [0.05, 0.1) is 17.3 Å². The molecule has 4 heteroatoms. The molecule has 18 heavy (non-hydrogen) atoms. The summed E-state index contributed by atoms with van der Waals surface area (Å²) >= 11 is 0. The van der Waals surface area contributed by atoms with E-state index >= 15 is 0 Å². The lowest BCUT2D eigenvalue weighted by molar-refractivity contribution is 0.0939. The standard InChI is InChI=1S/C14H17N3O/c1-10-5-6-11(8-10)16-14(18)12-9-15-17-7-3-2-4-13(12)17/h2-4,7,9-11H,5-6,8H2,1H3,(H,16,18). The summed E-state index contributed by atoms with van der Waals surface area (Å²) < 4.78 is 1.73. The van der Waals surface area contributed by atoms with Gasteiger partial charge in [-0.3, -0.25) is 4.79 Å². The molecule has 1 amide bonds. The number of nitrogens with zero attached hydrogens (tertiary/aromatic N) is 2. The number of hydrogen-bond donors (Lipinski definition) is 1. The summed E-state index contributed by atoms with van der Waals surface area (Å²) in [5.41, 5.74) is 1.52. The van der Waals surface area contributed by atoms with Crippen molar-refractivity contribution in [2.75, 3.05) is 0 Å². The monoisotopic (exact) mass is 243 g/mol. The van der Waals surface area contributed by atoms with Crippen LogP contribution in [0, 0.1) is 5.92 Å². The molecule has 3 rings (SSSR count). The number of carbonyl (C=O) groups is 1. The maximum atomic E-state index is 12.2. The van der Waals surface area contributed by atoms with Crippen molar-refractivity contribution in [1.82, 2.24) is 14.9 Å². The van der Waals surface area contributed by atoms with Gasteiger partial charge < -0.3 is 5.32 Å². The van der Waals surface area contributed by atoms with Crippen molar-refractivity contribution >= 4 is 11.4 Å². The molecular formula is C14H17N3O. The third kappa shape index (κ3) is 1.98. The molecule has 0 bridgehead atoms. The highest BCUT2D eigenvalue weighted by molar-refractivity contribution is 6.00. The van der Waals surface area contributed by atoms with E-state index in [2.05, 4.69) is 17.3 Å². The largest absolute Gasteiger partial charge is 0.349 e. The first-order valence-corrected chi connectivity index (χ1v) is 6.47. The second-order valence-corrected chi connectivity index (χ2v) is 5.18. The van der Waals surface area contributed by atoms with E-state index in [1.54, 1.807) is 10.7 Å². The summed E-state index contributed by atoms with van der Waals surface area (Å²) in [4.78, 5) is 12.2. The number of fused-ring (bicyclic) bond motifs is 1. The van der Waals surface area contributed by atoms with E-state index in [1.165, 1.54) is 6.42 Å². The van der Waals surface area contributed by atoms with Crippen LogP contribution < -0.4 is 5.32 Å². The summed E-state index contributed by atoms with van der Waals surface area (Å²) in [5, 5.41) is 7.30. The number of hydrogen-bond acceptors (Lipinski definition) is 2. The summed E-state index contributed by atoms with van der Waals surface area (Å²) in [6, 6.07) is 6.07. The first-order valence-electron chi connectivity index (χ1n) is 6.47. The molecule has 94 valence electrons. The average Bonchev–Trinajstić information content (AvgIpc) is 2.95. The quantitative estimate of drug-likeness (QED) is 0.879. The average molecular weight is 243 g/mol. The number of nitrogens with one attached hydrogen (secondary N) is 1. The third-order valence-electron chi connectivity index (χ3n) is 3.70. The summed E-state index contributed by atoms with van der Waals surface area (Å²) in [7, 11) is 0. The SMILES string of the molecule is CC1CCC(NC(=O)c2cnn3ccccc23)C1. The molecule has 0 saturated heterocycles. The van der Waals surface area contributed by atoms with Crippen LogP contribution in [0.5, 0.6) is 0 Å². The molecule has 2 heterocycles. The molecule has 1 aliphatic carbocycles. The van der Waals surface area contributed by atoms with Gasteiger partial charge in [-0.2, -0.15) is 5.10 Å². The number of aromatic nitrogens is 2. The van der Waals surface area contributed by atoms with Gasteiger partial charge in [0.2, 0.25) is 0 Å². The molecule has 1 fully saturated rings. The zero-order valence-corrected chi connectivity index (χ0v) is 10.5. The van der Waals surface area contributed by atoms with Crippen molar-refractivity contribution < 1.29 is 4.79 Å². The van der Waals surface area contributed by atoms with Crippen LogP contribution in [0.1, 0.15) is 36.5 Å². The van der Waals surface area contributed by atoms with Crippen LogP contribution in [0.15, 0.2) is 30.6 Å². The molecule has 1 saturated carbocycles. The van der Waals surface area contributed by atoms with Gasteiger partial charge in [0, 0.05) is 12.2 Å². The zero-order valence-electron chi connectivity index (χ0n) is 10.5. The van der Waals surface area contributed by atoms with Gasteiger partial charge in [-0.1, -0.05) is 13.0 Å². The Labute approximate surface area is 106 Å². The fourth-order valence-electron chi connectivity index (χ4n) is 2.71. The Morgan fingerprint density at radius 2 is 2.33 bits per heavy atom. The van der Waals surface area contributed by atoms with Gasteiger partial charge in [-0.15, -0.1) is 0 Å². The number of pyridine rings is 1. The summed E-state index contributed by atoms with van der Waals surface area (Å²) in [5.74, 6) is 0.717. The predicted molar refractivity (Wildman–Crippen MR) is 69.5 cm³/mol. The van der Waals surface area contributed by atoms with Crippen molar-refractivity contribution in [2.45, 2.75) is 32.2 Å². The van der Waals surface area contributed by atoms with Crippen LogP contribution in [0.2, 0.25) is 0 Å². The Morgan fingerprint density at radius 3 is 3.11 bits per heavy atom. The minimum Gasteiger partial charge on any atom is -0.349 e. The normalized spacial score (nSPS) is 23.4. The Balaban J connectivity index is 1.80. The van der Waals surface area contributed by atoms with E-state index in [1.807, 2.05) is 24.4 Å². The first-order chi connectivity index (χ1) is 8.74. The third-order valence-corrected chi connectivity index (χ3v) is 3.70. The summed E-state index contributed by atoms with van der Waals surface area (Å²) in [6.07, 6.45) is 6.88. The van der Waals surface area contributed by atoms with Crippen LogP contribution in [-0.2, 0) is 0 Å². The Kier molecular flexibility index (Phi) is 2.78. The second kappa shape index (κ2) is 4.44.